The number of rotatable bonds is 3. The summed E-state index contributed by atoms with van der Waals surface area (Å²) in [4.78, 5) is 2.65. The van der Waals surface area contributed by atoms with E-state index in [1.807, 2.05) is 0 Å². The molecule has 2 unspecified atom stereocenters. The second-order valence-electron chi connectivity index (χ2n) is 12.1. The third-order valence-electron chi connectivity index (χ3n) is 10.2. The summed E-state index contributed by atoms with van der Waals surface area (Å²) in [5.41, 5.74) is 10.7. The summed E-state index contributed by atoms with van der Waals surface area (Å²) in [6, 6.07) is 44.8. The van der Waals surface area contributed by atoms with Crippen LogP contribution < -0.4 is 4.90 Å². The maximum absolute atomic E-state index is 2.65. The lowest BCUT2D eigenvalue weighted by Gasteiger charge is -2.50. The van der Waals surface area contributed by atoms with Crippen molar-refractivity contribution in [1.29, 1.82) is 0 Å². The molecule has 2 nitrogen and oxygen atoms in total. The van der Waals surface area contributed by atoms with Crippen LogP contribution in [0.3, 0.4) is 0 Å². The number of para-hydroxylation sites is 3. The Hall–Kier alpha value is -4.30. The van der Waals surface area contributed by atoms with Crippen LogP contribution in [0.1, 0.15) is 45.1 Å². The van der Waals surface area contributed by atoms with Crippen molar-refractivity contribution in [3.8, 4) is 16.8 Å². The van der Waals surface area contributed by atoms with E-state index in [0.29, 0.717) is 0 Å². The smallest absolute Gasteiger partial charge is 0.0541 e. The fraction of sp³-hybridized carbons (Fsp3) is 0.211. The molecular weight excluding hydrogens is 484 g/mol. The average molecular weight is 519 g/mol. The van der Waals surface area contributed by atoms with Gasteiger partial charge >= 0.3 is 0 Å². The monoisotopic (exact) mass is 518 g/mol. The van der Waals surface area contributed by atoms with E-state index in [-0.39, 0.29) is 11.0 Å². The fourth-order valence-electron chi connectivity index (χ4n) is 7.91. The summed E-state index contributed by atoms with van der Waals surface area (Å²) in [6.45, 7) is 4.99. The highest BCUT2D eigenvalue weighted by Crippen LogP contribution is 2.60. The first-order valence-electron chi connectivity index (χ1n) is 14.7. The number of hydrogen-bond acceptors (Lipinski definition) is 1. The van der Waals surface area contributed by atoms with Crippen molar-refractivity contribution in [2.75, 3.05) is 4.90 Å². The highest BCUT2D eigenvalue weighted by Gasteiger charge is 2.57. The Morgan fingerprint density at radius 3 is 1.70 bits per heavy atom. The molecule has 0 spiro atoms. The van der Waals surface area contributed by atoms with Crippen molar-refractivity contribution in [1.82, 2.24) is 4.57 Å². The van der Waals surface area contributed by atoms with Crippen molar-refractivity contribution < 1.29 is 0 Å². The first-order valence-corrected chi connectivity index (χ1v) is 14.7. The van der Waals surface area contributed by atoms with Gasteiger partial charge in [-0.15, -0.1) is 0 Å². The quantitative estimate of drug-likeness (QED) is 0.226. The standard InChI is InChI=1S/C38H34N2/c1-37-25-9-10-26-38(37,2)40(36-16-8-5-13-33(36)37)30-23-19-28(20-24-30)27-17-21-29(22-18-27)39-34-14-6-3-11-31(34)32-12-4-7-15-35(32)39/h3-8,11-24H,9-10,25-26H2,1-2H3. The zero-order valence-electron chi connectivity index (χ0n) is 23.3. The van der Waals surface area contributed by atoms with Crippen LogP contribution in [0.5, 0.6) is 0 Å². The summed E-state index contributed by atoms with van der Waals surface area (Å²) in [5, 5.41) is 2.59. The Labute approximate surface area is 236 Å². The molecule has 2 atom stereocenters. The average Bonchev–Trinajstić information content (AvgIpc) is 3.44. The minimum absolute atomic E-state index is 0.0976. The normalized spacial score (nSPS) is 22.0. The molecule has 40 heavy (non-hydrogen) atoms. The second kappa shape index (κ2) is 8.60. The Bertz CT molecular complexity index is 1820. The predicted octanol–water partition coefficient (Wildman–Crippen LogP) is 10.2. The van der Waals surface area contributed by atoms with Crippen LogP contribution in [-0.2, 0) is 5.41 Å². The zero-order chi connectivity index (χ0) is 26.9. The van der Waals surface area contributed by atoms with Crippen LogP contribution in [0.2, 0.25) is 0 Å². The number of nitrogens with zero attached hydrogens (tertiary/aromatic N) is 2. The molecule has 2 heterocycles. The number of anilines is 2. The molecule has 0 saturated heterocycles. The minimum Gasteiger partial charge on any atom is -0.334 e. The number of hydrogen-bond donors (Lipinski definition) is 0. The molecule has 6 aromatic rings. The molecule has 2 aliphatic rings. The van der Waals surface area contributed by atoms with E-state index in [2.05, 4.69) is 145 Å². The highest BCUT2D eigenvalue weighted by molar-refractivity contribution is 6.09. The van der Waals surface area contributed by atoms with Crippen LogP contribution in [0.15, 0.2) is 121 Å². The molecule has 0 amide bonds. The lowest BCUT2D eigenvalue weighted by Crippen LogP contribution is -2.54. The lowest BCUT2D eigenvalue weighted by atomic mass is 9.61. The van der Waals surface area contributed by atoms with Gasteiger partial charge < -0.3 is 9.47 Å². The summed E-state index contributed by atoms with van der Waals surface area (Å²) in [7, 11) is 0. The Morgan fingerprint density at radius 2 is 1.05 bits per heavy atom. The molecule has 1 aromatic heterocycles. The van der Waals surface area contributed by atoms with Gasteiger partial charge in [-0.05, 0) is 78.9 Å². The summed E-state index contributed by atoms with van der Waals surface area (Å²) in [5.74, 6) is 0. The van der Waals surface area contributed by atoms with Gasteiger partial charge in [-0.1, -0.05) is 98.6 Å². The van der Waals surface area contributed by atoms with Crippen LogP contribution >= 0.6 is 0 Å². The fourth-order valence-corrected chi connectivity index (χ4v) is 7.91. The molecule has 1 saturated carbocycles. The predicted molar refractivity (Wildman–Crippen MR) is 169 cm³/mol. The van der Waals surface area contributed by atoms with Crippen LogP contribution in [0, 0.1) is 0 Å². The van der Waals surface area contributed by atoms with Gasteiger partial charge in [-0.25, -0.2) is 0 Å². The van der Waals surface area contributed by atoms with Crippen LogP contribution in [-0.4, -0.2) is 10.1 Å². The van der Waals surface area contributed by atoms with Gasteiger partial charge in [0.05, 0.1) is 16.6 Å². The van der Waals surface area contributed by atoms with Gasteiger partial charge in [0.1, 0.15) is 0 Å². The maximum atomic E-state index is 2.65. The molecule has 8 rings (SSSR count). The first kappa shape index (κ1) is 23.6. The number of fused-ring (bicyclic) bond motifs is 6. The van der Waals surface area contributed by atoms with Crippen LogP contribution in [0.4, 0.5) is 11.4 Å². The van der Waals surface area contributed by atoms with E-state index >= 15 is 0 Å². The minimum atomic E-state index is 0.0976. The Kier molecular flexibility index (Phi) is 5.07. The van der Waals surface area contributed by atoms with Crippen molar-refractivity contribution in [2.45, 2.75) is 50.5 Å². The highest BCUT2D eigenvalue weighted by atomic mass is 15.2. The van der Waals surface area contributed by atoms with Crippen molar-refractivity contribution in [3.63, 3.8) is 0 Å². The molecule has 1 fully saturated rings. The van der Waals surface area contributed by atoms with Crippen molar-refractivity contribution in [3.05, 3.63) is 127 Å². The molecule has 0 bridgehead atoms. The van der Waals surface area contributed by atoms with Crippen LogP contribution in [0.25, 0.3) is 38.6 Å². The molecule has 1 aliphatic heterocycles. The second-order valence-corrected chi connectivity index (χ2v) is 12.1. The molecule has 0 N–H and O–H groups in total. The van der Waals surface area contributed by atoms with E-state index in [0.717, 1.165) is 0 Å². The van der Waals surface area contributed by atoms with Gasteiger partial charge in [-0.2, -0.15) is 0 Å². The van der Waals surface area contributed by atoms with Crippen molar-refractivity contribution >= 4 is 33.2 Å². The van der Waals surface area contributed by atoms with E-state index in [4.69, 9.17) is 0 Å². The molecule has 1 aliphatic carbocycles. The lowest BCUT2D eigenvalue weighted by molar-refractivity contribution is 0.195. The summed E-state index contributed by atoms with van der Waals surface area (Å²) >= 11 is 0. The number of aromatic nitrogens is 1. The van der Waals surface area contributed by atoms with Gasteiger partial charge in [0.25, 0.3) is 0 Å². The third-order valence-corrected chi connectivity index (χ3v) is 10.2. The van der Waals surface area contributed by atoms with E-state index in [1.54, 1.807) is 0 Å². The Balaban J connectivity index is 1.16. The Morgan fingerprint density at radius 1 is 0.525 bits per heavy atom. The molecule has 2 heteroatoms. The topological polar surface area (TPSA) is 8.17 Å². The van der Waals surface area contributed by atoms with E-state index in [9.17, 15) is 0 Å². The zero-order valence-corrected chi connectivity index (χ0v) is 23.3. The van der Waals surface area contributed by atoms with E-state index < -0.39 is 0 Å². The largest absolute Gasteiger partial charge is 0.334 e. The van der Waals surface area contributed by atoms with Gasteiger partial charge in [0.15, 0.2) is 0 Å². The summed E-state index contributed by atoms with van der Waals surface area (Å²) in [6.07, 6.45) is 5.10. The third kappa shape index (κ3) is 3.17. The SMILES string of the molecule is CC12CCCCC1(C)N(c1ccc(-c3ccc(-n4c5ccccc5c5ccccc54)cc3)cc1)c1ccccc12. The molecule has 5 aromatic carbocycles. The van der Waals surface area contributed by atoms with E-state index in [1.165, 1.54) is 81.2 Å². The van der Waals surface area contributed by atoms with Gasteiger partial charge in [0, 0.05) is 33.2 Å². The molecule has 196 valence electrons. The molecular formula is C38H34N2. The molecule has 0 radical (unpaired) electrons. The van der Waals surface area contributed by atoms with Crippen molar-refractivity contribution in [2.24, 2.45) is 0 Å². The maximum Gasteiger partial charge on any atom is 0.0541 e. The first-order chi connectivity index (χ1) is 19.6. The number of benzene rings is 5. The van der Waals surface area contributed by atoms with Gasteiger partial charge in [0.2, 0.25) is 0 Å². The summed E-state index contributed by atoms with van der Waals surface area (Å²) < 4.78 is 2.38. The van der Waals surface area contributed by atoms with Gasteiger partial charge in [-0.3, -0.25) is 0 Å².